The standard InChI is InChI=1S/C6H5N5O3S/c1-15(13,14)11-5-3-4(7-2-8-5)10-6(12)9-3/h2H,1H3,(H,7,8,10,11,12). The first-order valence-electron chi connectivity index (χ1n) is 3.76. The van der Waals surface area contributed by atoms with Crippen molar-refractivity contribution < 1.29 is 13.2 Å². The molecule has 0 aliphatic carbocycles. The second-order valence-corrected chi connectivity index (χ2v) is 4.52. The van der Waals surface area contributed by atoms with Crippen LogP contribution in [0, 0.1) is 0 Å². The molecule has 0 fully saturated rings. The minimum Gasteiger partial charge on any atom is -0.266 e. The zero-order valence-electron chi connectivity index (χ0n) is 7.50. The van der Waals surface area contributed by atoms with Crippen LogP contribution in [0.2, 0.25) is 0 Å². The molecule has 1 N–H and O–H groups in total. The second kappa shape index (κ2) is 3.05. The SMILES string of the molecule is CS(=O)(=O)Nc1ncnc2c1=NC(=O)N=2. The van der Waals surface area contributed by atoms with Gasteiger partial charge in [0.15, 0.2) is 16.7 Å². The van der Waals surface area contributed by atoms with Gasteiger partial charge >= 0.3 is 6.03 Å². The van der Waals surface area contributed by atoms with E-state index in [1.807, 2.05) is 0 Å². The molecule has 0 saturated carbocycles. The fraction of sp³-hybridized carbons (Fsp3) is 0.167. The van der Waals surface area contributed by atoms with Gasteiger partial charge in [-0.1, -0.05) is 0 Å². The molecule has 1 aliphatic rings. The zero-order chi connectivity index (χ0) is 11.1. The van der Waals surface area contributed by atoms with Gasteiger partial charge in [0, 0.05) is 0 Å². The molecule has 2 heterocycles. The number of sulfonamides is 1. The summed E-state index contributed by atoms with van der Waals surface area (Å²) in [5.41, 5.74) is 0.0705. The number of rotatable bonds is 2. The topological polar surface area (TPSA) is 114 Å². The number of nitrogens with zero attached hydrogens (tertiary/aromatic N) is 4. The van der Waals surface area contributed by atoms with E-state index in [4.69, 9.17) is 0 Å². The highest BCUT2D eigenvalue weighted by atomic mass is 32.2. The molecule has 1 aromatic rings. The molecule has 2 amide bonds. The molecular formula is C6H5N5O3S. The number of amides is 2. The number of hydrogen-bond donors (Lipinski definition) is 1. The number of carbonyl (C=O) groups excluding carboxylic acids is 1. The molecule has 0 bridgehead atoms. The van der Waals surface area contributed by atoms with Crippen LogP contribution in [0.1, 0.15) is 0 Å². The van der Waals surface area contributed by atoms with E-state index in [9.17, 15) is 13.2 Å². The average molecular weight is 227 g/mol. The summed E-state index contributed by atoms with van der Waals surface area (Å²) in [5, 5.41) is 0.0490. The van der Waals surface area contributed by atoms with Gasteiger partial charge in [0.1, 0.15) is 6.33 Å². The summed E-state index contributed by atoms with van der Waals surface area (Å²) in [6.45, 7) is 0. The second-order valence-electron chi connectivity index (χ2n) is 2.77. The Morgan fingerprint density at radius 1 is 1.27 bits per heavy atom. The monoisotopic (exact) mass is 227 g/mol. The van der Waals surface area contributed by atoms with E-state index < -0.39 is 16.1 Å². The minimum absolute atomic E-state index is 0.0444. The van der Waals surface area contributed by atoms with Crippen LogP contribution in [0.25, 0.3) is 0 Å². The van der Waals surface area contributed by atoms with Gasteiger partial charge in [-0.05, 0) is 0 Å². The van der Waals surface area contributed by atoms with E-state index in [0.29, 0.717) is 0 Å². The van der Waals surface area contributed by atoms with Gasteiger partial charge in [-0.2, -0.15) is 9.98 Å². The van der Waals surface area contributed by atoms with E-state index in [1.165, 1.54) is 0 Å². The van der Waals surface area contributed by atoms with Crippen LogP contribution < -0.4 is 15.6 Å². The molecule has 78 valence electrons. The average Bonchev–Trinajstić information content (AvgIpc) is 2.43. The molecule has 0 atom stereocenters. The molecule has 0 radical (unpaired) electrons. The maximum Gasteiger partial charge on any atom is 0.369 e. The van der Waals surface area contributed by atoms with Gasteiger partial charge < -0.3 is 0 Å². The molecular weight excluding hydrogens is 222 g/mol. The van der Waals surface area contributed by atoms with Crippen molar-refractivity contribution in [1.82, 2.24) is 9.97 Å². The van der Waals surface area contributed by atoms with Gasteiger partial charge in [-0.25, -0.2) is 23.2 Å². The van der Waals surface area contributed by atoms with Crippen LogP contribution in [0.3, 0.4) is 0 Å². The fourth-order valence-electron chi connectivity index (χ4n) is 1.02. The van der Waals surface area contributed by atoms with E-state index in [1.54, 1.807) is 0 Å². The number of nitrogens with one attached hydrogen (secondary N) is 1. The molecule has 2 rings (SSSR count). The van der Waals surface area contributed by atoms with Crippen LogP contribution in [-0.2, 0) is 10.0 Å². The van der Waals surface area contributed by atoms with E-state index in [-0.39, 0.29) is 16.7 Å². The Hall–Kier alpha value is -1.90. The smallest absolute Gasteiger partial charge is 0.266 e. The first-order valence-corrected chi connectivity index (χ1v) is 5.65. The van der Waals surface area contributed by atoms with Crippen LogP contribution in [0.5, 0.6) is 0 Å². The van der Waals surface area contributed by atoms with Crippen LogP contribution >= 0.6 is 0 Å². The third kappa shape index (κ3) is 1.96. The van der Waals surface area contributed by atoms with Gasteiger partial charge in [0.05, 0.1) is 6.26 Å². The lowest BCUT2D eigenvalue weighted by Crippen LogP contribution is -2.31. The first kappa shape index (κ1) is 9.65. The molecule has 0 spiro atoms. The Kier molecular flexibility index (Phi) is 1.96. The Morgan fingerprint density at radius 3 is 2.67 bits per heavy atom. The lowest BCUT2D eigenvalue weighted by atomic mass is 10.5. The van der Waals surface area contributed by atoms with Crippen LogP contribution in [-0.4, -0.2) is 30.7 Å². The summed E-state index contributed by atoms with van der Waals surface area (Å²) in [5.74, 6) is -0.0444. The number of urea groups is 1. The van der Waals surface area contributed by atoms with Gasteiger partial charge in [0.25, 0.3) is 0 Å². The Labute approximate surface area is 83.9 Å². The molecule has 15 heavy (non-hydrogen) atoms. The predicted octanol–water partition coefficient (Wildman–Crippen LogP) is -1.78. The van der Waals surface area contributed by atoms with Crippen LogP contribution in [0.15, 0.2) is 16.3 Å². The number of anilines is 1. The number of carbonyl (C=O) groups is 1. The van der Waals surface area contributed by atoms with Gasteiger partial charge in [-0.3, -0.25) is 4.72 Å². The predicted molar refractivity (Wildman–Crippen MR) is 48.2 cm³/mol. The summed E-state index contributed by atoms with van der Waals surface area (Å²) in [6.07, 6.45) is 2.07. The van der Waals surface area contributed by atoms with E-state index in [2.05, 4.69) is 24.7 Å². The third-order valence-corrected chi connectivity index (χ3v) is 2.06. The van der Waals surface area contributed by atoms with Crippen molar-refractivity contribution in [2.45, 2.75) is 0 Å². The summed E-state index contributed by atoms with van der Waals surface area (Å²) < 4.78 is 24.0. The summed E-state index contributed by atoms with van der Waals surface area (Å²) in [6, 6.07) is -0.720. The lowest BCUT2D eigenvalue weighted by Gasteiger charge is -1.99. The van der Waals surface area contributed by atoms with Crippen molar-refractivity contribution in [2.75, 3.05) is 11.0 Å². The Bertz CT molecular complexity index is 650. The highest BCUT2D eigenvalue weighted by Crippen LogP contribution is 1.95. The molecule has 0 unspecified atom stereocenters. The molecule has 0 aromatic carbocycles. The minimum atomic E-state index is -3.47. The summed E-state index contributed by atoms with van der Waals surface area (Å²) in [4.78, 5) is 25.1. The molecule has 9 heteroatoms. The van der Waals surface area contributed by atoms with Crippen molar-refractivity contribution in [2.24, 2.45) is 9.98 Å². The fourth-order valence-corrected chi connectivity index (χ4v) is 1.52. The maximum atomic E-state index is 11.0. The number of fused-ring (bicyclic) bond motifs is 1. The molecule has 0 saturated heterocycles. The van der Waals surface area contributed by atoms with Crippen LogP contribution in [0.4, 0.5) is 10.6 Å². The van der Waals surface area contributed by atoms with Crippen molar-refractivity contribution >= 4 is 21.9 Å². The maximum absolute atomic E-state index is 11.0. The normalized spacial score (nSPS) is 14.1. The Balaban J connectivity index is 2.64. The van der Waals surface area contributed by atoms with Gasteiger partial charge in [-0.15, -0.1) is 0 Å². The molecule has 1 aliphatic heterocycles. The highest BCUT2D eigenvalue weighted by Gasteiger charge is 2.13. The van der Waals surface area contributed by atoms with Crippen molar-refractivity contribution in [3.05, 3.63) is 17.2 Å². The quantitative estimate of drug-likeness (QED) is 0.641. The number of aromatic nitrogens is 2. The zero-order valence-corrected chi connectivity index (χ0v) is 8.32. The lowest BCUT2D eigenvalue weighted by molar-refractivity contribution is 0.256. The van der Waals surface area contributed by atoms with Gasteiger partial charge in [0.2, 0.25) is 10.0 Å². The molecule has 8 nitrogen and oxygen atoms in total. The third-order valence-electron chi connectivity index (χ3n) is 1.49. The van der Waals surface area contributed by atoms with Crippen molar-refractivity contribution in [3.8, 4) is 0 Å². The largest absolute Gasteiger partial charge is 0.369 e. The van der Waals surface area contributed by atoms with Crippen molar-refractivity contribution in [3.63, 3.8) is 0 Å². The van der Waals surface area contributed by atoms with E-state index >= 15 is 0 Å². The highest BCUT2D eigenvalue weighted by molar-refractivity contribution is 7.92. The first-order chi connectivity index (χ1) is 6.96. The van der Waals surface area contributed by atoms with E-state index in [0.717, 1.165) is 12.6 Å². The summed E-state index contributed by atoms with van der Waals surface area (Å²) in [7, 11) is -3.47. The van der Waals surface area contributed by atoms with Crippen molar-refractivity contribution in [1.29, 1.82) is 0 Å². The molecule has 1 aromatic heterocycles. The Morgan fingerprint density at radius 2 is 2.00 bits per heavy atom. The number of hydrogen-bond acceptors (Lipinski definition) is 5. The summed E-state index contributed by atoms with van der Waals surface area (Å²) >= 11 is 0.